The Hall–Kier alpha value is -1.72. The summed E-state index contributed by atoms with van der Waals surface area (Å²) < 4.78 is 0. The number of unbranched alkanes of at least 4 members (excludes halogenated alkanes) is 1. The minimum Gasteiger partial charge on any atom is -0.356 e. The smallest absolute Gasteiger partial charge is 0.220 e. The molecule has 21 heavy (non-hydrogen) atoms. The van der Waals surface area contributed by atoms with Gasteiger partial charge in [-0.3, -0.25) is 14.4 Å². The molecule has 0 aliphatic rings. The monoisotopic (exact) mass is 298 g/mol. The summed E-state index contributed by atoms with van der Waals surface area (Å²) >= 11 is 0. The molecule has 0 aromatic heterocycles. The van der Waals surface area contributed by atoms with E-state index in [0.29, 0.717) is 19.4 Å². The van der Waals surface area contributed by atoms with E-state index in [-0.39, 0.29) is 36.2 Å². The van der Waals surface area contributed by atoms with Crippen LogP contribution in [-0.4, -0.2) is 36.0 Å². The molecule has 0 saturated carbocycles. The summed E-state index contributed by atoms with van der Waals surface area (Å²) in [4.78, 5) is 44.8. The average Bonchev–Trinajstić information content (AvgIpc) is 2.42. The van der Waals surface area contributed by atoms with Gasteiger partial charge in [0.25, 0.3) is 0 Å². The number of amides is 2. The Morgan fingerprint density at radius 2 is 1.67 bits per heavy atom. The van der Waals surface area contributed by atoms with Crippen molar-refractivity contribution in [2.24, 2.45) is 0 Å². The number of rotatable bonds is 11. The Morgan fingerprint density at radius 1 is 1.00 bits per heavy atom. The van der Waals surface area contributed by atoms with Crippen molar-refractivity contribution in [2.75, 3.05) is 6.54 Å². The van der Waals surface area contributed by atoms with E-state index in [1.807, 2.05) is 0 Å². The van der Waals surface area contributed by atoms with Crippen molar-refractivity contribution in [1.82, 2.24) is 10.6 Å². The highest BCUT2D eigenvalue weighted by Gasteiger charge is 2.16. The maximum atomic E-state index is 11.7. The van der Waals surface area contributed by atoms with Gasteiger partial charge in [0.05, 0.1) is 6.04 Å². The molecule has 6 nitrogen and oxygen atoms in total. The van der Waals surface area contributed by atoms with Gasteiger partial charge in [0.15, 0.2) is 5.78 Å². The fraction of sp³-hybridized carbons (Fsp3) is 0.733. The molecule has 0 aromatic rings. The molecule has 6 heteroatoms. The van der Waals surface area contributed by atoms with Gasteiger partial charge in [0, 0.05) is 32.7 Å². The van der Waals surface area contributed by atoms with Crippen molar-refractivity contribution in [2.45, 2.75) is 65.3 Å². The van der Waals surface area contributed by atoms with E-state index in [0.717, 1.165) is 12.8 Å². The molecule has 0 radical (unpaired) electrons. The van der Waals surface area contributed by atoms with Crippen molar-refractivity contribution in [3.05, 3.63) is 0 Å². The summed E-state index contributed by atoms with van der Waals surface area (Å²) in [7, 11) is 0. The Bertz CT molecular complexity index is 380. The van der Waals surface area contributed by atoms with E-state index >= 15 is 0 Å². The van der Waals surface area contributed by atoms with Crippen molar-refractivity contribution < 1.29 is 19.2 Å². The predicted octanol–water partition coefficient (Wildman–Crippen LogP) is 1.13. The van der Waals surface area contributed by atoms with Crippen molar-refractivity contribution >= 4 is 23.4 Å². The zero-order chi connectivity index (χ0) is 16.3. The van der Waals surface area contributed by atoms with E-state index in [1.54, 1.807) is 6.92 Å². The van der Waals surface area contributed by atoms with Crippen LogP contribution in [0.5, 0.6) is 0 Å². The number of nitrogens with one attached hydrogen (secondary N) is 2. The van der Waals surface area contributed by atoms with Gasteiger partial charge in [-0.2, -0.15) is 0 Å². The second kappa shape index (κ2) is 11.0. The molecule has 0 bridgehead atoms. The predicted molar refractivity (Wildman–Crippen MR) is 79.7 cm³/mol. The third-order valence-electron chi connectivity index (χ3n) is 3.06. The minimum atomic E-state index is -0.430. The summed E-state index contributed by atoms with van der Waals surface area (Å²) in [5.74, 6) is -0.315. The molecule has 2 amide bonds. The second-order valence-electron chi connectivity index (χ2n) is 5.12. The maximum absolute atomic E-state index is 11.7. The van der Waals surface area contributed by atoms with Crippen LogP contribution >= 0.6 is 0 Å². The van der Waals surface area contributed by atoms with Gasteiger partial charge in [-0.05, 0) is 26.2 Å². The Labute approximate surface area is 126 Å². The number of Topliss-reactive ketones (excluding diaryl/α,β-unsaturated/α-hetero) is 2. The van der Waals surface area contributed by atoms with Crippen LogP contribution in [0, 0.1) is 0 Å². The lowest BCUT2D eigenvalue weighted by atomic mass is 10.0. The molecular formula is C15H26N2O4. The van der Waals surface area contributed by atoms with Crippen LogP contribution in [0.15, 0.2) is 0 Å². The fourth-order valence-corrected chi connectivity index (χ4v) is 1.88. The van der Waals surface area contributed by atoms with Crippen molar-refractivity contribution in [1.29, 1.82) is 0 Å². The third kappa shape index (κ3) is 10.7. The zero-order valence-corrected chi connectivity index (χ0v) is 13.2. The first-order valence-electron chi connectivity index (χ1n) is 7.42. The minimum absolute atomic E-state index is 0.00127. The fourth-order valence-electron chi connectivity index (χ4n) is 1.88. The van der Waals surface area contributed by atoms with Crippen molar-refractivity contribution in [3.63, 3.8) is 0 Å². The summed E-state index contributed by atoms with van der Waals surface area (Å²) in [6.07, 6.45) is 2.93. The molecule has 0 spiro atoms. The summed E-state index contributed by atoms with van der Waals surface area (Å²) in [5.41, 5.74) is 0. The SMILES string of the molecule is CCC(=O)C(CCCCNC(=O)CCC(C)=O)NC(C)=O. The summed E-state index contributed by atoms with van der Waals surface area (Å²) in [5, 5.41) is 5.38. The molecule has 2 N–H and O–H groups in total. The first-order valence-corrected chi connectivity index (χ1v) is 7.42. The van der Waals surface area contributed by atoms with Crippen LogP contribution in [0.1, 0.15) is 59.3 Å². The van der Waals surface area contributed by atoms with E-state index in [4.69, 9.17) is 0 Å². The largest absolute Gasteiger partial charge is 0.356 e. The first-order chi connectivity index (χ1) is 9.86. The van der Waals surface area contributed by atoms with Gasteiger partial charge in [-0.15, -0.1) is 0 Å². The first kappa shape index (κ1) is 19.3. The van der Waals surface area contributed by atoms with Gasteiger partial charge >= 0.3 is 0 Å². The lowest BCUT2D eigenvalue weighted by molar-refractivity contribution is -0.126. The second-order valence-corrected chi connectivity index (χ2v) is 5.12. The number of hydrogen-bond acceptors (Lipinski definition) is 4. The van der Waals surface area contributed by atoms with Crippen LogP contribution < -0.4 is 10.6 Å². The molecule has 0 aromatic carbocycles. The van der Waals surface area contributed by atoms with Crippen molar-refractivity contribution in [3.8, 4) is 0 Å². The van der Waals surface area contributed by atoms with E-state index in [9.17, 15) is 19.2 Å². The molecule has 0 aliphatic carbocycles. The van der Waals surface area contributed by atoms with Gasteiger partial charge < -0.3 is 15.4 Å². The highest BCUT2D eigenvalue weighted by Crippen LogP contribution is 2.04. The highest BCUT2D eigenvalue weighted by molar-refractivity contribution is 5.88. The highest BCUT2D eigenvalue weighted by atomic mass is 16.2. The van der Waals surface area contributed by atoms with Gasteiger partial charge in [-0.1, -0.05) is 6.92 Å². The van der Waals surface area contributed by atoms with Crippen LogP contribution in [0.4, 0.5) is 0 Å². The molecule has 0 aliphatic heterocycles. The summed E-state index contributed by atoms with van der Waals surface area (Å²) in [6.45, 7) is 5.14. The maximum Gasteiger partial charge on any atom is 0.220 e. The van der Waals surface area contributed by atoms with Crippen LogP contribution in [0.3, 0.4) is 0 Å². The lowest BCUT2D eigenvalue weighted by Gasteiger charge is -2.15. The summed E-state index contributed by atoms with van der Waals surface area (Å²) in [6, 6.07) is -0.430. The number of hydrogen-bond donors (Lipinski definition) is 2. The molecule has 0 rings (SSSR count). The van der Waals surface area contributed by atoms with Gasteiger partial charge in [-0.25, -0.2) is 0 Å². The number of carbonyl (C=O) groups is 4. The molecule has 1 unspecified atom stereocenters. The Kier molecular flexibility index (Phi) is 10.1. The third-order valence-corrected chi connectivity index (χ3v) is 3.06. The van der Waals surface area contributed by atoms with Crippen LogP contribution in [-0.2, 0) is 19.2 Å². The average molecular weight is 298 g/mol. The molecular weight excluding hydrogens is 272 g/mol. The van der Waals surface area contributed by atoms with Crippen LogP contribution in [0.2, 0.25) is 0 Å². The van der Waals surface area contributed by atoms with Gasteiger partial charge in [0.2, 0.25) is 11.8 Å². The van der Waals surface area contributed by atoms with Crippen LogP contribution in [0.25, 0.3) is 0 Å². The molecule has 0 heterocycles. The number of carbonyl (C=O) groups excluding carboxylic acids is 4. The van der Waals surface area contributed by atoms with E-state index in [1.165, 1.54) is 13.8 Å². The molecule has 0 fully saturated rings. The lowest BCUT2D eigenvalue weighted by Crippen LogP contribution is -2.39. The van der Waals surface area contributed by atoms with E-state index in [2.05, 4.69) is 10.6 Å². The Balaban J connectivity index is 3.84. The van der Waals surface area contributed by atoms with E-state index < -0.39 is 6.04 Å². The molecule has 120 valence electrons. The zero-order valence-electron chi connectivity index (χ0n) is 13.2. The standard InChI is InChI=1S/C15H26N2O4/c1-4-14(20)13(17-12(3)19)7-5-6-10-16-15(21)9-8-11(2)18/h13H,4-10H2,1-3H3,(H,16,21)(H,17,19). The molecule has 0 saturated heterocycles. The number of ketones is 2. The Morgan fingerprint density at radius 3 is 2.19 bits per heavy atom. The topological polar surface area (TPSA) is 92.3 Å². The molecule has 1 atom stereocenters. The normalized spacial score (nSPS) is 11.6. The quantitative estimate of drug-likeness (QED) is 0.559. The van der Waals surface area contributed by atoms with Gasteiger partial charge in [0.1, 0.15) is 5.78 Å².